The molecule has 1 atom stereocenters. The molecule has 1 aliphatic heterocycles. The van der Waals surface area contributed by atoms with Crippen molar-refractivity contribution in [3.05, 3.63) is 36.3 Å². The van der Waals surface area contributed by atoms with E-state index in [4.69, 9.17) is 20.7 Å². The number of aliphatic hydroxyl groups is 1. The first-order valence-corrected chi connectivity index (χ1v) is 12.5. The summed E-state index contributed by atoms with van der Waals surface area (Å²) >= 11 is 0. The van der Waals surface area contributed by atoms with Crippen LogP contribution in [0.1, 0.15) is 24.8 Å². The van der Waals surface area contributed by atoms with Crippen molar-refractivity contribution in [2.75, 3.05) is 50.0 Å². The number of hydrogen-bond acceptors (Lipinski definition) is 11. The van der Waals surface area contributed by atoms with Crippen LogP contribution in [0.3, 0.4) is 0 Å². The third kappa shape index (κ3) is 5.83. The number of aromatic nitrogens is 6. The van der Waals surface area contributed by atoms with E-state index in [0.29, 0.717) is 29.0 Å². The topological polar surface area (TPSA) is 197 Å². The van der Waals surface area contributed by atoms with Crippen molar-refractivity contribution < 1.29 is 29.6 Å². The van der Waals surface area contributed by atoms with E-state index >= 15 is 0 Å². The lowest BCUT2D eigenvalue weighted by Gasteiger charge is -2.36. The van der Waals surface area contributed by atoms with Gasteiger partial charge < -0.3 is 30.7 Å². The molecule has 206 valence electrons. The van der Waals surface area contributed by atoms with E-state index in [-0.39, 0.29) is 31.2 Å². The average molecular weight is 540 g/mol. The van der Waals surface area contributed by atoms with Crippen LogP contribution in [0.25, 0.3) is 16.7 Å². The van der Waals surface area contributed by atoms with E-state index in [1.54, 1.807) is 23.0 Å². The van der Waals surface area contributed by atoms with Gasteiger partial charge in [-0.05, 0) is 30.7 Å². The molecule has 0 saturated carbocycles. The second kappa shape index (κ2) is 11.1. The third-order valence-electron chi connectivity index (χ3n) is 6.61. The van der Waals surface area contributed by atoms with Crippen molar-refractivity contribution in [1.82, 2.24) is 34.3 Å². The van der Waals surface area contributed by atoms with Gasteiger partial charge >= 0.3 is 11.9 Å². The van der Waals surface area contributed by atoms with Crippen LogP contribution in [0.2, 0.25) is 0 Å². The SMILES string of the molecule is Nc1nc2c(cnn2CCN2CCN(c3ccc(OCC(=O)O)cc3)CC2)c2nc([C@@H](O)CCC(=O)O)nn12. The number of ether oxygens (including phenoxy) is 1. The smallest absolute Gasteiger partial charge is 0.341 e. The molecule has 1 aliphatic rings. The number of carbonyl (C=O) groups is 2. The van der Waals surface area contributed by atoms with Gasteiger partial charge in [-0.25, -0.2) is 14.5 Å². The highest BCUT2D eigenvalue weighted by molar-refractivity contribution is 5.89. The van der Waals surface area contributed by atoms with Crippen LogP contribution >= 0.6 is 0 Å². The van der Waals surface area contributed by atoms with Crippen molar-refractivity contribution >= 4 is 40.3 Å². The Hall–Kier alpha value is -4.50. The number of nitrogens with zero attached hydrogens (tertiary/aromatic N) is 8. The van der Waals surface area contributed by atoms with E-state index in [9.17, 15) is 14.7 Å². The summed E-state index contributed by atoms with van der Waals surface area (Å²) in [5.74, 6) is -1.32. The van der Waals surface area contributed by atoms with E-state index in [2.05, 4.69) is 30.0 Å². The quantitative estimate of drug-likeness (QED) is 0.202. The van der Waals surface area contributed by atoms with Gasteiger partial charge in [0.15, 0.2) is 23.7 Å². The zero-order valence-corrected chi connectivity index (χ0v) is 21.0. The van der Waals surface area contributed by atoms with Crippen LogP contribution in [0.15, 0.2) is 30.5 Å². The molecule has 1 fully saturated rings. The van der Waals surface area contributed by atoms with E-state index in [1.165, 1.54) is 4.52 Å². The summed E-state index contributed by atoms with van der Waals surface area (Å²) < 4.78 is 8.30. The highest BCUT2D eigenvalue weighted by atomic mass is 16.5. The van der Waals surface area contributed by atoms with Gasteiger partial charge in [0.1, 0.15) is 11.9 Å². The minimum Gasteiger partial charge on any atom is -0.482 e. The fourth-order valence-electron chi connectivity index (χ4n) is 4.53. The first kappa shape index (κ1) is 26.1. The second-order valence-electron chi connectivity index (χ2n) is 9.23. The molecule has 0 amide bonds. The fraction of sp³-hybridized carbons (Fsp3) is 0.417. The zero-order valence-electron chi connectivity index (χ0n) is 21.0. The molecule has 0 unspecified atom stereocenters. The number of hydrogen-bond donors (Lipinski definition) is 4. The maximum Gasteiger partial charge on any atom is 0.341 e. The van der Waals surface area contributed by atoms with Gasteiger partial charge in [-0.15, -0.1) is 5.10 Å². The Morgan fingerprint density at radius 2 is 1.74 bits per heavy atom. The van der Waals surface area contributed by atoms with Crippen molar-refractivity contribution in [3.8, 4) is 5.75 Å². The van der Waals surface area contributed by atoms with Gasteiger partial charge in [0.05, 0.1) is 18.1 Å². The second-order valence-corrected chi connectivity index (χ2v) is 9.23. The number of benzene rings is 1. The van der Waals surface area contributed by atoms with Gasteiger partial charge in [-0.3, -0.25) is 9.69 Å². The van der Waals surface area contributed by atoms with Crippen molar-refractivity contribution in [2.45, 2.75) is 25.5 Å². The first-order valence-electron chi connectivity index (χ1n) is 12.5. The largest absolute Gasteiger partial charge is 0.482 e. The highest BCUT2D eigenvalue weighted by Crippen LogP contribution is 2.24. The molecule has 5 rings (SSSR count). The Balaban J connectivity index is 1.20. The Bertz CT molecular complexity index is 1480. The summed E-state index contributed by atoms with van der Waals surface area (Å²) in [6.07, 6.45) is 0.289. The molecule has 0 bridgehead atoms. The summed E-state index contributed by atoms with van der Waals surface area (Å²) in [4.78, 5) is 34.9. The molecule has 4 aromatic rings. The van der Waals surface area contributed by atoms with Gasteiger partial charge in [0.25, 0.3) is 0 Å². The van der Waals surface area contributed by atoms with Crippen LogP contribution in [0.4, 0.5) is 11.6 Å². The standard InChI is InChI=1S/C24H29N9O6/c25-24-28-22-17(23-27-21(29-33(23)24)18(34)5-6-19(35)36)13-26-32(22)12-9-30-7-10-31(11-8-30)15-1-3-16(4-2-15)39-14-20(37)38/h1-4,13,18,34H,5-12,14H2,(H2,25,28)(H,35,36)(H,37,38)/t18-/m0/s1. The Kier molecular flexibility index (Phi) is 7.42. The van der Waals surface area contributed by atoms with Gasteiger partial charge in [0, 0.05) is 44.8 Å². The Morgan fingerprint density at radius 3 is 2.44 bits per heavy atom. The molecule has 0 radical (unpaired) electrons. The lowest BCUT2D eigenvalue weighted by Crippen LogP contribution is -2.47. The summed E-state index contributed by atoms with van der Waals surface area (Å²) in [5.41, 5.74) is 8.13. The van der Waals surface area contributed by atoms with Crippen LogP contribution in [0, 0.1) is 0 Å². The summed E-state index contributed by atoms with van der Waals surface area (Å²) in [6, 6.07) is 7.41. The molecule has 1 saturated heterocycles. The number of aliphatic hydroxyl groups excluding tert-OH is 1. The van der Waals surface area contributed by atoms with Gasteiger partial charge in [0.2, 0.25) is 5.95 Å². The molecule has 5 N–H and O–H groups in total. The summed E-state index contributed by atoms with van der Waals surface area (Å²) in [7, 11) is 0. The predicted molar refractivity (Wildman–Crippen MR) is 139 cm³/mol. The van der Waals surface area contributed by atoms with Gasteiger partial charge in [-0.2, -0.15) is 14.6 Å². The molecular weight excluding hydrogens is 510 g/mol. The monoisotopic (exact) mass is 539 g/mol. The minimum atomic E-state index is -1.13. The molecule has 0 aliphatic carbocycles. The maximum absolute atomic E-state index is 10.8. The molecule has 15 nitrogen and oxygen atoms in total. The van der Waals surface area contributed by atoms with Crippen LogP contribution in [-0.4, -0.2) is 101 Å². The molecule has 4 heterocycles. The molecule has 15 heteroatoms. The molecule has 3 aromatic heterocycles. The summed E-state index contributed by atoms with van der Waals surface area (Å²) in [6.45, 7) is 4.38. The number of carboxylic acid groups (broad SMARTS) is 2. The van der Waals surface area contributed by atoms with Crippen molar-refractivity contribution in [3.63, 3.8) is 0 Å². The van der Waals surface area contributed by atoms with Crippen LogP contribution in [0.5, 0.6) is 5.75 Å². The number of fused-ring (bicyclic) bond motifs is 3. The molecule has 0 spiro atoms. The molecular formula is C24H29N9O6. The number of carboxylic acids is 2. The van der Waals surface area contributed by atoms with E-state index < -0.39 is 18.0 Å². The third-order valence-corrected chi connectivity index (χ3v) is 6.61. The van der Waals surface area contributed by atoms with Crippen molar-refractivity contribution in [1.29, 1.82) is 0 Å². The minimum absolute atomic E-state index is 0.0122. The number of rotatable bonds is 11. The first-order chi connectivity index (χ1) is 18.8. The number of piperazine rings is 1. The number of anilines is 2. The van der Waals surface area contributed by atoms with Crippen molar-refractivity contribution in [2.24, 2.45) is 0 Å². The fourth-order valence-corrected chi connectivity index (χ4v) is 4.53. The van der Waals surface area contributed by atoms with E-state index in [0.717, 1.165) is 38.4 Å². The average Bonchev–Trinajstić information content (AvgIpc) is 3.55. The number of aliphatic carboxylic acids is 2. The van der Waals surface area contributed by atoms with E-state index in [1.807, 2.05) is 12.1 Å². The number of nitrogens with two attached hydrogens (primary N) is 1. The lowest BCUT2D eigenvalue weighted by atomic mass is 10.2. The predicted octanol–water partition coefficient (Wildman–Crippen LogP) is 0.240. The maximum atomic E-state index is 10.8. The summed E-state index contributed by atoms with van der Waals surface area (Å²) in [5, 5.41) is 37.2. The zero-order chi connectivity index (χ0) is 27.5. The number of nitrogen functional groups attached to an aromatic ring is 1. The molecule has 1 aromatic carbocycles. The van der Waals surface area contributed by atoms with Crippen LogP contribution < -0.4 is 15.4 Å². The highest BCUT2D eigenvalue weighted by Gasteiger charge is 2.21. The molecule has 39 heavy (non-hydrogen) atoms. The Morgan fingerprint density at radius 1 is 1.00 bits per heavy atom. The Labute approximate surface area is 222 Å². The van der Waals surface area contributed by atoms with Crippen LogP contribution in [-0.2, 0) is 16.1 Å². The normalized spacial score (nSPS) is 15.2. The lowest BCUT2D eigenvalue weighted by molar-refractivity contribution is -0.139. The van der Waals surface area contributed by atoms with Gasteiger partial charge in [-0.1, -0.05) is 0 Å².